The third-order valence-electron chi connectivity index (χ3n) is 3.51. The molecule has 1 atom stereocenters. The van der Waals surface area contributed by atoms with E-state index < -0.39 is 0 Å². The Kier molecular flexibility index (Phi) is 5.34. The molecule has 0 bridgehead atoms. The highest BCUT2D eigenvalue weighted by molar-refractivity contribution is 5.38. The molecule has 0 saturated carbocycles. The maximum Gasteiger partial charge on any atom is 0.130 e. The number of hydrogen-bond donors (Lipinski definition) is 1. The Hall–Kier alpha value is -1.87. The Balaban J connectivity index is 2.11. The van der Waals surface area contributed by atoms with E-state index in [1.165, 1.54) is 17.7 Å². The van der Waals surface area contributed by atoms with Gasteiger partial charge in [0.2, 0.25) is 0 Å². The second-order valence-electron chi connectivity index (χ2n) is 5.10. The van der Waals surface area contributed by atoms with Gasteiger partial charge in [0.1, 0.15) is 17.3 Å². The second kappa shape index (κ2) is 7.23. The van der Waals surface area contributed by atoms with Gasteiger partial charge in [0.25, 0.3) is 0 Å². The second-order valence-corrected chi connectivity index (χ2v) is 5.10. The summed E-state index contributed by atoms with van der Waals surface area (Å²) in [5, 5.41) is 3.45. The van der Waals surface area contributed by atoms with Crippen LogP contribution in [0.15, 0.2) is 42.5 Å². The van der Waals surface area contributed by atoms with Crippen LogP contribution in [0, 0.1) is 12.7 Å². The molecule has 1 unspecified atom stereocenters. The minimum Gasteiger partial charge on any atom is -0.457 e. The summed E-state index contributed by atoms with van der Waals surface area (Å²) in [7, 11) is 0. The summed E-state index contributed by atoms with van der Waals surface area (Å²) in [4.78, 5) is 0. The van der Waals surface area contributed by atoms with Gasteiger partial charge in [-0.3, -0.25) is 0 Å². The van der Waals surface area contributed by atoms with Crippen molar-refractivity contribution >= 4 is 0 Å². The predicted octanol–water partition coefficient (Wildman–Crippen LogP) is 4.99. The van der Waals surface area contributed by atoms with Gasteiger partial charge < -0.3 is 10.1 Å². The molecule has 0 aliphatic rings. The number of benzene rings is 2. The molecule has 0 amide bonds. The highest BCUT2D eigenvalue weighted by Gasteiger charge is 2.08. The first-order valence-corrected chi connectivity index (χ1v) is 7.41. The van der Waals surface area contributed by atoms with E-state index in [4.69, 9.17) is 4.74 Å². The van der Waals surface area contributed by atoms with E-state index in [-0.39, 0.29) is 5.82 Å². The lowest BCUT2D eigenvalue weighted by Crippen LogP contribution is -2.19. The van der Waals surface area contributed by atoms with E-state index in [1.54, 1.807) is 6.07 Å². The van der Waals surface area contributed by atoms with Gasteiger partial charge in [-0.05, 0) is 61.3 Å². The lowest BCUT2D eigenvalue weighted by atomic mass is 10.0. The molecule has 2 nitrogen and oxygen atoms in total. The third kappa shape index (κ3) is 4.05. The molecule has 0 aliphatic heterocycles. The van der Waals surface area contributed by atoms with Gasteiger partial charge in [-0.15, -0.1) is 0 Å². The smallest absolute Gasteiger partial charge is 0.130 e. The standard InChI is InChI=1S/C18H22FNO/c1-4-17(20-5-2)14-6-9-16(10-7-14)21-18-11-8-15(19)12-13(18)3/h6-12,17,20H,4-5H2,1-3H3. The van der Waals surface area contributed by atoms with Crippen LogP contribution in [0.3, 0.4) is 0 Å². The van der Waals surface area contributed by atoms with Crippen molar-refractivity contribution in [3.05, 3.63) is 59.4 Å². The number of hydrogen-bond acceptors (Lipinski definition) is 2. The lowest BCUT2D eigenvalue weighted by Gasteiger charge is -2.17. The van der Waals surface area contributed by atoms with Crippen molar-refractivity contribution in [1.29, 1.82) is 0 Å². The van der Waals surface area contributed by atoms with Crippen molar-refractivity contribution in [2.24, 2.45) is 0 Å². The first-order chi connectivity index (χ1) is 10.1. The Morgan fingerprint density at radius 2 is 1.81 bits per heavy atom. The van der Waals surface area contributed by atoms with E-state index in [9.17, 15) is 4.39 Å². The normalized spacial score (nSPS) is 12.2. The quantitative estimate of drug-likeness (QED) is 0.808. The van der Waals surface area contributed by atoms with Crippen LogP contribution in [0.1, 0.15) is 37.4 Å². The summed E-state index contributed by atoms with van der Waals surface area (Å²) in [5.74, 6) is 1.20. The summed E-state index contributed by atoms with van der Waals surface area (Å²) >= 11 is 0. The molecule has 3 heteroatoms. The number of nitrogens with one attached hydrogen (secondary N) is 1. The Morgan fingerprint density at radius 3 is 2.38 bits per heavy atom. The molecule has 2 aromatic carbocycles. The molecule has 0 spiro atoms. The molecule has 0 fully saturated rings. The first-order valence-electron chi connectivity index (χ1n) is 7.41. The summed E-state index contributed by atoms with van der Waals surface area (Å²) in [6.45, 7) is 7.06. The summed E-state index contributed by atoms with van der Waals surface area (Å²) < 4.78 is 18.9. The van der Waals surface area contributed by atoms with Crippen LogP contribution < -0.4 is 10.1 Å². The average Bonchev–Trinajstić information content (AvgIpc) is 2.48. The molecule has 21 heavy (non-hydrogen) atoms. The minimum atomic E-state index is -0.244. The van der Waals surface area contributed by atoms with Crippen LogP contribution in [0.25, 0.3) is 0 Å². The fraction of sp³-hybridized carbons (Fsp3) is 0.333. The third-order valence-corrected chi connectivity index (χ3v) is 3.51. The summed E-state index contributed by atoms with van der Waals surface area (Å²) in [6.07, 6.45) is 1.05. The van der Waals surface area contributed by atoms with Gasteiger partial charge in [-0.2, -0.15) is 0 Å². The molecule has 0 heterocycles. The zero-order valence-corrected chi connectivity index (χ0v) is 12.8. The number of halogens is 1. The fourth-order valence-corrected chi connectivity index (χ4v) is 2.37. The maximum atomic E-state index is 13.1. The lowest BCUT2D eigenvalue weighted by molar-refractivity contribution is 0.475. The highest BCUT2D eigenvalue weighted by atomic mass is 19.1. The summed E-state index contributed by atoms with van der Waals surface area (Å²) in [5.41, 5.74) is 2.04. The van der Waals surface area contributed by atoms with Crippen LogP contribution in [-0.2, 0) is 0 Å². The maximum absolute atomic E-state index is 13.1. The van der Waals surface area contributed by atoms with Crippen LogP contribution in [0.2, 0.25) is 0 Å². The Bertz CT molecular complexity index is 580. The van der Waals surface area contributed by atoms with Crippen molar-refractivity contribution in [1.82, 2.24) is 5.32 Å². The first kappa shape index (κ1) is 15.5. The van der Waals surface area contributed by atoms with Crippen molar-refractivity contribution in [3.8, 4) is 11.5 Å². The zero-order chi connectivity index (χ0) is 15.2. The fourth-order valence-electron chi connectivity index (χ4n) is 2.37. The molecule has 1 N–H and O–H groups in total. The molecule has 2 rings (SSSR count). The molecule has 0 aromatic heterocycles. The Morgan fingerprint density at radius 1 is 1.10 bits per heavy atom. The van der Waals surface area contributed by atoms with Crippen LogP contribution in [-0.4, -0.2) is 6.54 Å². The molecular weight excluding hydrogens is 265 g/mol. The van der Waals surface area contributed by atoms with Gasteiger partial charge in [-0.1, -0.05) is 26.0 Å². The van der Waals surface area contributed by atoms with Crippen molar-refractivity contribution in [2.75, 3.05) is 6.54 Å². The molecule has 0 aliphatic carbocycles. The monoisotopic (exact) mass is 287 g/mol. The largest absolute Gasteiger partial charge is 0.457 e. The van der Waals surface area contributed by atoms with E-state index in [1.807, 2.05) is 19.1 Å². The van der Waals surface area contributed by atoms with Crippen molar-refractivity contribution in [3.63, 3.8) is 0 Å². The van der Waals surface area contributed by atoms with Gasteiger partial charge in [0.15, 0.2) is 0 Å². The van der Waals surface area contributed by atoms with E-state index in [2.05, 4.69) is 31.3 Å². The van der Waals surface area contributed by atoms with E-state index >= 15 is 0 Å². The number of ether oxygens (including phenoxy) is 1. The average molecular weight is 287 g/mol. The van der Waals surface area contributed by atoms with Crippen LogP contribution >= 0.6 is 0 Å². The van der Waals surface area contributed by atoms with E-state index in [0.29, 0.717) is 11.8 Å². The van der Waals surface area contributed by atoms with Crippen molar-refractivity contribution < 1.29 is 9.13 Å². The molecule has 2 aromatic rings. The topological polar surface area (TPSA) is 21.3 Å². The SMILES string of the molecule is CCNC(CC)c1ccc(Oc2ccc(F)cc2C)cc1. The van der Waals surface area contributed by atoms with Crippen LogP contribution in [0.5, 0.6) is 11.5 Å². The van der Waals surface area contributed by atoms with Crippen molar-refractivity contribution in [2.45, 2.75) is 33.2 Å². The van der Waals surface area contributed by atoms with Crippen LogP contribution in [0.4, 0.5) is 4.39 Å². The number of rotatable bonds is 6. The molecular formula is C18H22FNO. The van der Waals surface area contributed by atoms with E-state index in [0.717, 1.165) is 24.3 Å². The van der Waals surface area contributed by atoms with Gasteiger partial charge in [-0.25, -0.2) is 4.39 Å². The molecule has 112 valence electrons. The molecule has 0 saturated heterocycles. The summed E-state index contributed by atoms with van der Waals surface area (Å²) in [6, 6.07) is 13.0. The van der Waals surface area contributed by atoms with Gasteiger partial charge in [0, 0.05) is 6.04 Å². The Labute approximate surface area is 126 Å². The highest BCUT2D eigenvalue weighted by Crippen LogP contribution is 2.27. The van der Waals surface area contributed by atoms with Gasteiger partial charge >= 0.3 is 0 Å². The predicted molar refractivity (Wildman–Crippen MR) is 84.4 cm³/mol. The molecule has 0 radical (unpaired) electrons. The zero-order valence-electron chi connectivity index (χ0n) is 12.8. The minimum absolute atomic E-state index is 0.244. The number of aryl methyl sites for hydroxylation is 1. The van der Waals surface area contributed by atoms with Gasteiger partial charge in [0.05, 0.1) is 0 Å².